The normalized spacial score (nSPS) is 16.0. The number of nitrogens with zero attached hydrogens (tertiary/aromatic N) is 4. The molecule has 8 heteroatoms. The van der Waals surface area contributed by atoms with Crippen molar-refractivity contribution in [2.75, 3.05) is 23.8 Å². The van der Waals surface area contributed by atoms with Crippen molar-refractivity contribution in [3.05, 3.63) is 71.8 Å². The van der Waals surface area contributed by atoms with Crippen LogP contribution in [0.25, 0.3) is 0 Å². The molecular formula is C21H22N6O2. The Balaban J connectivity index is 1.45. The van der Waals surface area contributed by atoms with Gasteiger partial charge in [0.05, 0.1) is 23.8 Å². The number of aryl methyl sites for hydroxylation is 1. The lowest BCUT2D eigenvalue weighted by molar-refractivity contribution is -0.119. The molecule has 0 spiro atoms. The van der Waals surface area contributed by atoms with Gasteiger partial charge in [-0.1, -0.05) is 30.3 Å². The first-order valence-corrected chi connectivity index (χ1v) is 9.37. The topological polar surface area (TPSA) is 92.2 Å². The predicted octanol–water partition coefficient (Wildman–Crippen LogP) is 2.19. The van der Waals surface area contributed by atoms with Crippen LogP contribution in [0, 0.1) is 6.92 Å². The molecule has 2 aromatic heterocycles. The lowest BCUT2D eigenvalue weighted by Gasteiger charge is -2.20. The first kappa shape index (κ1) is 18.7. The maximum absolute atomic E-state index is 12.8. The van der Waals surface area contributed by atoms with Crippen molar-refractivity contribution in [1.82, 2.24) is 20.1 Å². The fourth-order valence-electron chi connectivity index (χ4n) is 3.34. The van der Waals surface area contributed by atoms with E-state index in [-0.39, 0.29) is 12.5 Å². The standard InChI is InChI=1S/C21H22N6O2/c1-14-8-17-19(12-22-14)26(2)20(28)18(11-23-17)25-21(29)27-13-16(10-24-27)9-15-6-4-3-5-7-15/h3-8,10,12-13,18,23H,9,11H2,1-2H3,(H,25,29)/t18-/m0/s1. The van der Waals surface area contributed by atoms with E-state index in [9.17, 15) is 9.59 Å². The molecule has 0 saturated carbocycles. The average Bonchev–Trinajstić information content (AvgIpc) is 3.15. The van der Waals surface area contributed by atoms with Crippen LogP contribution in [0.4, 0.5) is 16.2 Å². The summed E-state index contributed by atoms with van der Waals surface area (Å²) in [7, 11) is 1.68. The van der Waals surface area contributed by atoms with Gasteiger partial charge in [-0.3, -0.25) is 9.78 Å². The van der Waals surface area contributed by atoms with Crippen LogP contribution in [-0.4, -0.2) is 46.3 Å². The average molecular weight is 390 g/mol. The van der Waals surface area contributed by atoms with Gasteiger partial charge in [-0.05, 0) is 24.1 Å². The van der Waals surface area contributed by atoms with Crippen molar-refractivity contribution in [1.29, 1.82) is 0 Å². The van der Waals surface area contributed by atoms with Crippen LogP contribution in [0.2, 0.25) is 0 Å². The number of benzene rings is 1. The quantitative estimate of drug-likeness (QED) is 0.715. The van der Waals surface area contributed by atoms with Gasteiger partial charge in [0.2, 0.25) is 0 Å². The Morgan fingerprint density at radius 3 is 2.83 bits per heavy atom. The van der Waals surface area contributed by atoms with E-state index in [1.807, 2.05) is 43.3 Å². The summed E-state index contributed by atoms with van der Waals surface area (Å²) in [5.74, 6) is -0.216. The largest absolute Gasteiger partial charge is 0.381 e. The number of hydrogen-bond acceptors (Lipinski definition) is 5. The third-order valence-corrected chi connectivity index (χ3v) is 4.90. The fraction of sp³-hybridized carbons (Fsp3) is 0.238. The number of anilines is 2. The molecule has 4 rings (SSSR count). The Labute approximate surface area is 168 Å². The monoisotopic (exact) mass is 390 g/mol. The number of pyridine rings is 1. The summed E-state index contributed by atoms with van der Waals surface area (Å²) in [5.41, 5.74) is 4.40. The highest BCUT2D eigenvalue weighted by Gasteiger charge is 2.30. The number of carbonyl (C=O) groups is 2. The first-order chi connectivity index (χ1) is 14.0. The van der Waals surface area contributed by atoms with E-state index >= 15 is 0 Å². The zero-order valence-electron chi connectivity index (χ0n) is 16.3. The Morgan fingerprint density at radius 2 is 2.03 bits per heavy atom. The number of rotatable bonds is 3. The van der Waals surface area contributed by atoms with Crippen molar-refractivity contribution in [3.63, 3.8) is 0 Å². The Morgan fingerprint density at radius 1 is 1.24 bits per heavy atom. The highest BCUT2D eigenvalue weighted by molar-refractivity contribution is 6.02. The highest BCUT2D eigenvalue weighted by atomic mass is 16.2. The molecule has 2 amide bonds. The van der Waals surface area contributed by atoms with E-state index in [2.05, 4.69) is 20.7 Å². The van der Waals surface area contributed by atoms with E-state index in [4.69, 9.17) is 0 Å². The molecule has 148 valence electrons. The Hall–Kier alpha value is -3.68. The predicted molar refractivity (Wildman–Crippen MR) is 110 cm³/mol. The van der Waals surface area contributed by atoms with Crippen molar-refractivity contribution in [3.8, 4) is 0 Å². The summed E-state index contributed by atoms with van der Waals surface area (Å²) in [5, 5.41) is 10.1. The number of aromatic nitrogens is 3. The van der Waals surface area contributed by atoms with Crippen LogP contribution in [-0.2, 0) is 11.2 Å². The lowest BCUT2D eigenvalue weighted by Crippen LogP contribution is -2.50. The number of carbonyl (C=O) groups excluding carboxylic acids is 2. The number of fused-ring (bicyclic) bond motifs is 1. The van der Waals surface area contributed by atoms with Gasteiger partial charge < -0.3 is 15.5 Å². The summed E-state index contributed by atoms with van der Waals surface area (Å²) < 4.78 is 1.23. The van der Waals surface area contributed by atoms with Gasteiger partial charge in [0, 0.05) is 31.9 Å². The third-order valence-electron chi connectivity index (χ3n) is 4.90. The molecule has 0 fully saturated rings. The molecule has 3 aromatic rings. The zero-order chi connectivity index (χ0) is 20.4. The van der Waals surface area contributed by atoms with E-state index in [0.29, 0.717) is 12.1 Å². The van der Waals surface area contributed by atoms with Crippen molar-refractivity contribution in [2.24, 2.45) is 0 Å². The molecule has 1 aromatic carbocycles. The molecule has 8 nitrogen and oxygen atoms in total. The van der Waals surface area contributed by atoms with Gasteiger partial charge in [0.1, 0.15) is 6.04 Å². The second kappa shape index (κ2) is 7.75. The zero-order valence-corrected chi connectivity index (χ0v) is 16.3. The highest BCUT2D eigenvalue weighted by Crippen LogP contribution is 2.27. The maximum atomic E-state index is 12.8. The molecule has 0 saturated heterocycles. The number of hydrogen-bond donors (Lipinski definition) is 2. The number of amides is 2. The first-order valence-electron chi connectivity index (χ1n) is 9.37. The summed E-state index contributed by atoms with van der Waals surface area (Å²) in [6.07, 6.45) is 5.68. The minimum atomic E-state index is -0.720. The van der Waals surface area contributed by atoms with E-state index < -0.39 is 12.1 Å². The van der Waals surface area contributed by atoms with Crippen molar-refractivity contribution < 1.29 is 9.59 Å². The third kappa shape index (κ3) is 3.96. The Bertz CT molecular complexity index is 1050. The van der Waals surface area contributed by atoms with Crippen LogP contribution in [0.3, 0.4) is 0 Å². The van der Waals surface area contributed by atoms with Crippen LogP contribution >= 0.6 is 0 Å². The maximum Gasteiger partial charge on any atom is 0.342 e. The lowest BCUT2D eigenvalue weighted by atomic mass is 10.1. The van der Waals surface area contributed by atoms with Crippen LogP contribution in [0.15, 0.2) is 55.0 Å². The molecule has 29 heavy (non-hydrogen) atoms. The Kier molecular flexibility index (Phi) is 4.99. The van der Waals surface area contributed by atoms with Crippen LogP contribution < -0.4 is 15.5 Å². The smallest absolute Gasteiger partial charge is 0.342 e. The molecule has 1 atom stereocenters. The van der Waals surface area contributed by atoms with E-state index in [0.717, 1.165) is 22.5 Å². The number of likely N-dealkylation sites (N-methyl/N-ethyl adjacent to an activating group) is 1. The summed E-state index contributed by atoms with van der Waals surface area (Å²) >= 11 is 0. The van der Waals surface area contributed by atoms with Crippen molar-refractivity contribution >= 4 is 23.3 Å². The fourth-order valence-corrected chi connectivity index (χ4v) is 3.34. The minimum Gasteiger partial charge on any atom is -0.381 e. The van der Waals surface area contributed by atoms with E-state index in [1.165, 1.54) is 9.58 Å². The van der Waals surface area contributed by atoms with Gasteiger partial charge >= 0.3 is 6.03 Å². The molecule has 1 aliphatic rings. The molecule has 0 bridgehead atoms. The van der Waals surface area contributed by atoms with Gasteiger partial charge in [0.25, 0.3) is 5.91 Å². The molecule has 3 heterocycles. The SMILES string of the molecule is Cc1cc2c(cn1)N(C)C(=O)[C@@H](NC(=O)n1cc(Cc3ccccc3)cn1)CN2. The molecule has 0 radical (unpaired) electrons. The van der Waals surface area contributed by atoms with Gasteiger partial charge in [-0.2, -0.15) is 9.78 Å². The number of nitrogens with one attached hydrogen (secondary N) is 2. The molecule has 0 aliphatic carbocycles. The molecule has 1 aliphatic heterocycles. The van der Waals surface area contributed by atoms with Gasteiger partial charge in [0.15, 0.2) is 0 Å². The molecular weight excluding hydrogens is 368 g/mol. The van der Waals surface area contributed by atoms with Crippen molar-refractivity contribution in [2.45, 2.75) is 19.4 Å². The van der Waals surface area contributed by atoms with Gasteiger partial charge in [-0.15, -0.1) is 0 Å². The van der Waals surface area contributed by atoms with Crippen LogP contribution in [0.5, 0.6) is 0 Å². The molecule has 0 unspecified atom stereocenters. The van der Waals surface area contributed by atoms with Crippen LogP contribution in [0.1, 0.15) is 16.8 Å². The summed E-state index contributed by atoms with van der Waals surface area (Å²) in [6, 6.07) is 10.7. The summed E-state index contributed by atoms with van der Waals surface area (Å²) in [4.78, 5) is 31.2. The van der Waals surface area contributed by atoms with Gasteiger partial charge in [-0.25, -0.2) is 4.79 Å². The second-order valence-electron chi connectivity index (χ2n) is 7.08. The van der Waals surface area contributed by atoms with E-state index in [1.54, 1.807) is 25.6 Å². The minimum absolute atomic E-state index is 0.216. The molecule has 2 N–H and O–H groups in total. The summed E-state index contributed by atoms with van der Waals surface area (Å²) in [6.45, 7) is 2.17. The second-order valence-corrected chi connectivity index (χ2v) is 7.08.